The lowest BCUT2D eigenvalue weighted by molar-refractivity contribution is -0.385. The molecule has 0 aliphatic carbocycles. The molecule has 5 rings (SSSR count). The number of hydrogen-bond acceptors (Lipinski definition) is 7. The van der Waals surface area contributed by atoms with Crippen molar-refractivity contribution in [3.05, 3.63) is 69.8 Å². The van der Waals surface area contributed by atoms with Gasteiger partial charge in [-0.05, 0) is 11.6 Å². The van der Waals surface area contributed by atoms with Gasteiger partial charge in [0.1, 0.15) is 5.75 Å². The topological polar surface area (TPSA) is 97.1 Å². The fraction of sp³-hybridized carbons (Fsp3) is 0.222. The lowest BCUT2D eigenvalue weighted by Crippen LogP contribution is -2.62. The second-order valence-corrected chi connectivity index (χ2v) is 7.49. The lowest BCUT2D eigenvalue weighted by Gasteiger charge is -2.44. The zero-order valence-corrected chi connectivity index (χ0v) is 14.8. The van der Waals surface area contributed by atoms with E-state index in [0.717, 1.165) is 23.0 Å². The minimum Gasteiger partial charge on any atom is -0.447 e. The molecule has 1 N–H and O–H groups in total. The first-order valence-electron chi connectivity index (χ1n) is 8.40. The Hall–Kier alpha value is -3.07. The van der Waals surface area contributed by atoms with E-state index in [2.05, 4.69) is 5.32 Å². The molecule has 2 atom stereocenters. The van der Waals surface area contributed by atoms with Gasteiger partial charge in [0.15, 0.2) is 0 Å². The van der Waals surface area contributed by atoms with Crippen LogP contribution in [0.1, 0.15) is 23.6 Å². The Morgan fingerprint density at radius 2 is 2.11 bits per heavy atom. The van der Waals surface area contributed by atoms with Crippen molar-refractivity contribution < 1.29 is 14.5 Å². The Balaban J connectivity index is 1.63. The Morgan fingerprint density at radius 3 is 2.81 bits per heavy atom. The summed E-state index contributed by atoms with van der Waals surface area (Å²) in [6.07, 6.45) is 0.573. The van der Waals surface area contributed by atoms with Crippen molar-refractivity contribution in [2.75, 3.05) is 5.75 Å². The van der Waals surface area contributed by atoms with Crippen molar-refractivity contribution >= 4 is 28.4 Å². The first-order chi connectivity index (χ1) is 13.1. The maximum atomic E-state index is 11.9. The number of carbonyl (C=O) groups is 1. The third-order valence-electron chi connectivity index (χ3n) is 4.93. The van der Waals surface area contributed by atoms with E-state index in [1.165, 1.54) is 12.1 Å². The van der Waals surface area contributed by atoms with E-state index in [1.807, 2.05) is 30.3 Å². The van der Waals surface area contributed by atoms with Gasteiger partial charge in [-0.1, -0.05) is 42.1 Å². The van der Waals surface area contributed by atoms with Crippen LogP contribution in [0.4, 0.5) is 10.5 Å². The number of ether oxygens (including phenoxy) is 1. The van der Waals surface area contributed by atoms with Crippen LogP contribution in [0.5, 0.6) is 5.75 Å². The summed E-state index contributed by atoms with van der Waals surface area (Å²) >= 11 is 1.14. The highest BCUT2D eigenvalue weighted by Crippen LogP contribution is 2.49. The van der Waals surface area contributed by atoms with E-state index in [9.17, 15) is 14.9 Å². The molecule has 1 saturated heterocycles. The lowest BCUT2D eigenvalue weighted by atomic mass is 9.95. The minimum atomic E-state index is -1.08. The Morgan fingerprint density at radius 1 is 1.30 bits per heavy atom. The SMILES string of the molecule is O=C1N[C@@]2(CS1)Oc1ccc([N+](=O)[O-])cc1[C@H]1CC(c3ccccc3)=NN12. The van der Waals surface area contributed by atoms with Crippen LogP contribution in [0.25, 0.3) is 0 Å². The second-order valence-electron chi connectivity index (χ2n) is 6.54. The standard InChI is InChI=1S/C18H14N4O4S/c23-17-19-18(10-27-17)21-15(9-14(20-21)11-4-2-1-3-5-11)13-8-12(22(24)25)6-7-16(13)26-18/h1-8,15H,9-10H2,(H,19,23)/t15-,18-/m1/s1. The number of thioether (sulfide) groups is 1. The van der Waals surface area contributed by atoms with Crippen molar-refractivity contribution in [3.63, 3.8) is 0 Å². The Labute approximate surface area is 158 Å². The highest BCUT2D eigenvalue weighted by molar-refractivity contribution is 8.14. The summed E-state index contributed by atoms with van der Waals surface area (Å²) < 4.78 is 6.13. The summed E-state index contributed by atoms with van der Waals surface area (Å²) in [6, 6.07) is 14.1. The number of nitro groups is 1. The van der Waals surface area contributed by atoms with E-state index in [1.54, 1.807) is 11.1 Å². The zero-order valence-electron chi connectivity index (χ0n) is 14.0. The number of rotatable bonds is 2. The van der Waals surface area contributed by atoms with Crippen LogP contribution in [0, 0.1) is 10.1 Å². The van der Waals surface area contributed by atoms with Gasteiger partial charge < -0.3 is 4.74 Å². The van der Waals surface area contributed by atoms with Crippen molar-refractivity contribution in [2.45, 2.75) is 18.3 Å². The van der Waals surface area contributed by atoms with Gasteiger partial charge in [-0.25, -0.2) is 5.01 Å². The molecule has 1 spiro atoms. The molecule has 0 aromatic heterocycles. The first kappa shape index (κ1) is 16.1. The van der Waals surface area contributed by atoms with Gasteiger partial charge in [0.05, 0.1) is 22.4 Å². The number of nitro benzene ring substituents is 1. The zero-order chi connectivity index (χ0) is 18.6. The molecule has 8 nitrogen and oxygen atoms in total. The average molecular weight is 382 g/mol. The predicted octanol–water partition coefficient (Wildman–Crippen LogP) is 3.25. The maximum absolute atomic E-state index is 11.9. The molecular weight excluding hydrogens is 368 g/mol. The van der Waals surface area contributed by atoms with Crippen LogP contribution >= 0.6 is 11.8 Å². The van der Waals surface area contributed by atoms with Crippen LogP contribution in [0.15, 0.2) is 53.6 Å². The highest BCUT2D eigenvalue weighted by Gasteiger charge is 2.55. The van der Waals surface area contributed by atoms with Gasteiger partial charge in [-0.15, -0.1) is 0 Å². The number of carbonyl (C=O) groups excluding carboxylic acids is 1. The Kier molecular flexibility index (Phi) is 3.41. The molecule has 0 saturated carbocycles. The summed E-state index contributed by atoms with van der Waals surface area (Å²) in [4.78, 5) is 22.7. The van der Waals surface area contributed by atoms with E-state index in [-0.39, 0.29) is 17.0 Å². The Bertz CT molecular complexity index is 996. The van der Waals surface area contributed by atoms with Crippen molar-refractivity contribution in [1.29, 1.82) is 0 Å². The van der Waals surface area contributed by atoms with Gasteiger partial charge in [0, 0.05) is 24.1 Å². The molecule has 3 aliphatic heterocycles. The van der Waals surface area contributed by atoms with E-state index < -0.39 is 10.8 Å². The molecule has 3 heterocycles. The minimum absolute atomic E-state index is 0.00578. The molecule has 2 aromatic carbocycles. The van der Waals surface area contributed by atoms with Crippen molar-refractivity contribution in [3.8, 4) is 5.75 Å². The summed E-state index contributed by atoms with van der Waals surface area (Å²) in [5.41, 5.74) is 2.54. The van der Waals surface area contributed by atoms with Gasteiger partial charge in [0.2, 0.25) is 0 Å². The first-order valence-corrected chi connectivity index (χ1v) is 9.39. The summed E-state index contributed by atoms with van der Waals surface area (Å²) in [6.45, 7) is 0. The molecule has 27 heavy (non-hydrogen) atoms. The number of benzene rings is 2. The van der Waals surface area contributed by atoms with Crippen LogP contribution in [0.2, 0.25) is 0 Å². The highest BCUT2D eigenvalue weighted by atomic mass is 32.2. The monoisotopic (exact) mass is 382 g/mol. The molecule has 0 radical (unpaired) electrons. The molecular formula is C18H14N4O4S. The summed E-state index contributed by atoms with van der Waals surface area (Å²) in [5, 5.41) is 20.4. The number of fused-ring (bicyclic) bond motifs is 4. The van der Waals surface area contributed by atoms with E-state index in [4.69, 9.17) is 9.84 Å². The quantitative estimate of drug-likeness (QED) is 0.633. The van der Waals surface area contributed by atoms with Crippen LogP contribution in [-0.2, 0) is 0 Å². The number of nitrogens with one attached hydrogen (secondary N) is 1. The predicted molar refractivity (Wildman–Crippen MR) is 99.6 cm³/mol. The second kappa shape index (κ2) is 5.71. The van der Waals surface area contributed by atoms with Gasteiger partial charge in [-0.2, -0.15) is 5.10 Å². The molecule has 0 bridgehead atoms. The summed E-state index contributed by atoms with van der Waals surface area (Å²) in [7, 11) is 0. The maximum Gasteiger partial charge on any atom is 0.289 e. The van der Waals surface area contributed by atoms with Crippen molar-refractivity contribution in [1.82, 2.24) is 10.3 Å². The average Bonchev–Trinajstić information content (AvgIpc) is 3.28. The largest absolute Gasteiger partial charge is 0.447 e. The van der Waals surface area contributed by atoms with Gasteiger partial charge in [-0.3, -0.25) is 20.2 Å². The van der Waals surface area contributed by atoms with Crippen LogP contribution < -0.4 is 10.1 Å². The molecule has 1 fully saturated rings. The van der Waals surface area contributed by atoms with E-state index >= 15 is 0 Å². The molecule has 136 valence electrons. The number of hydrazone groups is 1. The smallest absolute Gasteiger partial charge is 0.289 e. The van der Waals surface area contributed by atoms with Gasteiger partial charge >= 0.3 is 0 Å². The molecule has 3 aliphatic rings. The van der Waals surface area contributed by atoms with Crippen LogP contribution in [0.3, 0.4) is 0 Å². The number of nitrogens with zero attached hydrogens (tertiary/aromatic N) is 3. The third kappa shape index (κ3) is 2.46. The van der Waals surface area contributed by atoms with Crippen LogP contribution in [-0.4, -0.2) is 32.5 Å². The molecule has 2 aromatic rings. The number of non-ortho nitro benzene ring substituents is 1. The fourth-order valence-electron chi connectivity index (χ4n) is 3.70. The van der Waals surface area contributed by atoms with Gasteiger partial charge in [0.25, 0.3) is 16.8 Å². The molecule has 9 heteroatoms. The van der Waals surface area contributed by atoms with Crippen molar-refractivity contribution in [2.24, 2.45) is 5.10 Å². The molecule has 0 unspecified atom stereocenters. The van der Waals surface area contributed by atoms with E-state index in [0.29, 0.717) is 23.5 Å². The normalized spacial score (nSPS) is 25.5. The third-order valence-corrected chi connectivity index (χ3v) is 5.83. The number of hydrogen-bond donors (Lipinski definition) is 1. The summed E-state index contributed by atoms with van der Waals surface area (Å²) in [5.74, 6) is -0.162. The number of amides is 1. The molecule has 1 amide bonds. The fourth-order valence-corrected chi connectivity index (χ4v) is 4.52.